The maximum absolute atomic E-state index is 12.3. The van der Waals surface area contributed by atoms with Crippen molar-refractivity contribution in [1.82, 2.24) is 0 Å². The van der Waals surface area contributed by atoms with Gasteiger partial charge in [0.1, 0.15) is 0 Å². The normalized spacial score (nSPS) is 24.1. The molecule has 0 radical (unpaired) electrons. The summed E-state index contributed by atoms with van der Waals surface area (Å²) in [6, 6.07) is 0. The van der Waals surface area contributed by atoms with Crippen LogP contribution in [0.2, 0.25) is 0 Å². The molecule has 0 aromatic heterocycles. The van der Waals surface area contributed by atoms with Crippen molar-refractivity contribution in [3.05, 3.63) is 23.8 Å². The number of rotatable bonds is 5. The third kappa shape index (κ3) is 3.55. The molecule has 0 saturated heterocycles. The Morgan fingerprint density at radius 3 is 2.37 bits per heavy atom. The highest BCUT2D eigenvalue weighted by atomic mass is 16.5. The van der Waals surface area contributed by atoms with Crippen molar-refractivity contribution in [2.24, 2.45) is 10.8 Å². The van der Waals surface area contributed by atoms with E-state index in [4.69, 9.17) is 4.74 Å². The molecule has 0 unspecified atom stereocenters. The highest BCUT2D eigenvalue weighted by molar-refractivity contribution is 5.89. The predicted octanol–water partition coefficient (Wildman–Crippen LogP) is 3.45. The molecule has 1 aliphatic rings. The Morgan fingerprint density at radius 1 is 1.26 bits per heavy atom. The molecular formula is C16H24O3. The van der Waals surface area contributed by atoms with Crippen LogP contribution in [-0.2, 0) is 14.3 Å². The molecule has 0 bridgehead atoms. The Bertz CT molecular complexity index is 425. The molecule has 1 atom stereocenters. The fourth-order valence-corrected chi connectivity index (χ4v) is 2.16. The fourth-order valence-electron chi connectivity index (χ4n) is 2.16. The van der Waals surface area contributed by atoms with Crippen LogP contribution in [0.25, 0.3) is 0 Å². The number of hydrogen-bond donors (Lipinski definition) is 0. The van der Waals surface area contributed by atoms with Crippen LogP contribution >= 0.6 is 0 Å². The van der Waals surface area contributed by atoms with Crippen molar-refractivity contribution in [2.75, 3.05) is 6.61 Å². The molecule has 0 aromatic rings. The smallest absolute Gasteiger partial charge is 0.310 e. The van der Waals surface area contributed by atoms with Crippen molar-refractivity contribution >= 4 is 11.8 Å². The van der Waals surface area contributed by atoms with Crippen molar-refractivity contribution in [1.29, 1.82) is 0 Å². The lowest BCUT2D eigenvalue weighted by molar-refractivity contribution is -0.151. The van der Waals surface area contributed by atoms with Gasteiger partial charge in [-0.3, -0.25) is 9.59 Å². The molecule has 1 rings (SSSR count). The summed E-state index contributed by atoms with van der Waals surface area (Å²) in [6.07, 6.45) is 6.84. The van der Waals surface area contributed by atoms with Crippen LogP contribution in [0.15, 0.2) is 23.8 Å². The lowest BCUT2D eigenvalue weighted by atomic mass is 9.66. The van der Waals surface area contributed by atoms with E-state index < -0.39 is 5.41 Å². The minimum atomic E-state index is -0.468. The zero-order chi connectivity index (χ0) is 14.7. The van der Waals surface area contributed by atoms with E-state index in [1.54, 1.807) is 6.08 Å². The Labute approximate surface area is 115 Å². The number of carbonyl (C=O) groups excluding carboxylic acids is 2. The number of ether oxygens (including phenoxy) is 1. The van der Waals surface area contributed by atoms with Gasteiger partial charge < -0.3 is 4.74 Å². The molecule has 0 N–H and O–H groups in total. The summed E-state index contributed by atoms with van der Waals surface area (Å²) >= 11 is 0. The maximum atomic E-state index is 12.3. The van der Waals surface area contributed by atoms with E-state index in [0.717, 1.165) is 5.57 Å². The van der Waals surface area contributed by atoms with Crippen LogP contribution in [0, 0.1) is 10.8 Å². The standard InChI is InChI=1S/C16H24O3/c1-12(2)7-8-14(18)19-11-13(17)16(5)10-6-9-15(16,3)4/h6-7,9H,8,10-11H2,1-5H3/t16-/m1/s1. The summed E-state index contributed by atoms with van der Waals surface area (Å²) in [5.41, 5.74) is 0.413. The molecule has 3 heteroatoms. The van der Waals surface area contributed by atoms with Crippen LogP contribution < -0.4 is 0 Å². The van der Waals surface area contributed by atoms with E-state index in [0.29, 0.717) is 6.42 Å². The minimum Gasteiger partial charge on any atom is -0.457 e. The lowest BCUT2D eigenvalue weighted by Crippen LogP contribution is -2.40. The number of allylic oxidation sites excluding steroid dienone is 3. The molecule has 0 spiro atoms. The highest BCUT2D eigenvalue weighted by Crippen LogP contribution is 2.48. The SMILES string of the molecule is CC(C)=CCC(=O)OCC(=O)[C@@]1(C)CC=CC1(C)C. The van der Waals surface area contributed by atoms with Crippen molar-refractivity contribution in [2.45, 2.75) is 47.5 Å². The first kappa shape index (κ1) is 15.7. The van der Waals surface area contributed by atoms with Gasteiger partial charge in [0.25, 0.3) is 0 Å². The first-order chi connectivity index (χ1) is 8.69. The second kappa shape index (κ2) is 5.72. The minimum absolute atomic E-state index is 0.00644. The highest BCUT2D eigenvalue weighted by Gasteiger charge is 2.47. The van der Waals surface area contributed by atoms with Crippen molar-refractivity contribution in [3.63, 3.8) is 0 Å². The van der Waals surface area contributed by atoms with Gasteiger partial charge in [0, 0.05) is 5.41 Å². The molecular weight excluding hydrogens is 240 g/mol. The molecule has 0 aliphatic heterocycles. The maximum Gasteiger partial charge on any atom is 0.310 e. The average Bonchev–Trinajstić information content (AvgIpc) is 2.59. The van der Waals surface area contributed by atoms with Crippen molar-refractivity contribution in [3.8, 4) is 0 Å². The van der Waals surface area contributed by atoms with Gasteiger partial charge in [-0.25, -0.2) is 0 Å². The second-order valence-corrected chi connectivity index (χ2v) is 6.23. The molecule has 1 aliphatic carbocycles. The van der Waals surface area contributed by atoms with Gasteiger partial charge in [-0.05, 0) is 25.7 Å². The van der Waals surface area contributed by atoms with Gasteiger partial charge in [-0.1, -0.05) is 44.6 Å². The molecule has 3 nitrogen and oxygen atoms in total. The van der Waals surface area contributed by atoms with E-state index in [1.165, 1.54) is 0 Å². The molecule has 106 valence electrons. The third-order valence-electron chi connectivity index (χ3n) is 4.14. The fraction of sp³-hybridized carbons (Fsp3) is 0.625. The largest absolute Gasteiger partial charge is 0.457 e. The van der Waals surface area contributed by atoms with E-state index >= 15 is 0 Å². The van der Waals surface area contributed by atoms with Gasteiger partial charge in [0.2, 0.25) is 0 Å². The lowest BCUT2D eigenvalue weighted by Gasteiger charge is -2.36. The van der Waals surface area contributed by atoms with Gasteiger partial charge >= 0.3 is 5.97 Å². The third-order valence-corrected chi connectivity index (χ3v) is 4.14. The number of hydrogen-bond acceptors (Lipinski definition) is 3. The Morgan fingerprint density at radius 2 is 1.89 bits per heavy atom. The van der Waals surface area contributed by atoms with E-state index in [9.17, 15) is 9.59 Å². The summed E-state index contributed by atoms with van der Waals surface area (Å²) < 4.78 is 5.06. The summed E-state index contributed by atoms with van der Waals surface area (Å²) in [5.74, 6) is -0.352. The monoisotopic (exact) mass is 264 g/mol. The second-order valence-electron chi connectivity index (χ2n) is 6.23. The van der Waals surface area contributed by atoms with E-state index in [-0.39, 0.29) is 30.2 Å². The van der Waals surface area contributed by atoms with Gasteiger partial charge in [-0.2, -0.15) is 0 Å². The van der Waals surface area contributed by atoms with Crippen LogP contribution in [0.4, 0.5) is 0 Å². The average molecular weight is 264 g/mol. The van der Waals surface area contributed by atoms with Gasteiger partial charge in [-0.15, -0.1) is 0 Å². The molecule has 0 aromatic carbocycles. The predicted molar refractivity (Wildman–Crippen MR) is 75.7 cm³/mol. The summed E-state index contributed by atoms with van der Waals surface area (Å²) in [7, 11) is 0. The summed E-state index contributed by atoms with van der Waals surface area (Å²) in [5, 5.41) is 0. The van der Waals surface area contributed by atoms with Gasteiger partial charge in [0.05, 0.1) is 6.42 Å². The van der Waals surface area contributed by atoms with E-state index in [1.807, 2.05) is 40.7 Å². The Hall–Kier alpha value is -1.38. The Kier molecular flexibility index (Phi) is 4.72. The van der Waals surface area contributed by atoms with E-state index in [2.05, 4.69) is 6.08 Å². The zero-order valence-corrected chi connectivity index (χ0v) is 12.6. The molecule has 19 heavy (non-hydrogen) atoms. The number of esters is 1. The summed E-state index contributed by atoms with van der Waals surface area (Å²) in [6.45, 7) is 9.74. The Balaban J connectivity index is 2.53. The van der Waals surface area contributed by atoms with Crippen molar-refractivity contribution < 1.29 is 14.3 Å². The topological polar surface area (TPSA) is 43.4 Å². The first-order valence-corrected chi connectivity index (χ1v) is 6.69. The number of carbonyl (C=O) groups is 2. The zero-order valence-electron chi connectivity index (χ0n) is 12.6. The number of Topliss-reactive ketones (excluding diaryl/α,β-unsaturated/α-hetero) is 1. The molecule has 0 fully saturated rings. The van der Waals surface area contributed by atoms with Crippen LogP contribution in [0.5, 0.6) is 0 Å². The summed E-state index contributed by atoms with van der Waals surface area (Å²) in [4.78, 5) is 23.8. The van der Waals surface area contributed by atoms with Crippen LogP contribution in [0.3, 0.4) is 0 Å². The molecule has 0 saturated carbocycles. The van der Waals surface area contributed by atoms with Crippen LogP contribution in [0.1, 0.15) is 47.5 Å². The molecule has 0 heterocycles. The van der Waals surface area contributed by atoms with Crippen LogP contribution in [-0.4, -0.2) is 18.4 Å². The molecule has 0 amide bonds. The quantitative estimate of drug-likeness (QED) is 0.564. The first-order valence-electron chi connectivity index (χ1n) is 6.69. The number of ketones is 1. The van der Waals surface area contributed by atoms with Gasteiger partial charge in [0.15, 0.2) is 12.4 Å².